The lowest BCUT2D eigenvalue weighted by molar-refractivity contribution is -0.0503. The third-order valence-corrected chi connectivity index (χ3v) is 1.83. The highest BCUT2D eigenvalue weighted by Crippen LogP contribution is 2.18. The minimum absolute atomic E-state index is 0.0470. The number of carbonyl (C=O) groups excluding carboxylic acids is 1. The number of hydrogen-bond donors (Lipinski definition) is 0. The quantitative estimate of drug-likeness (QED) is 0.451. The summed E-state index contributed by atoms with van der Waals surface area (Å²) in [5.74, 6) is 0.269. The molecule has 11 heavy (non-hydrogen) atoms. The molecule has 0 spiro atoms. The van der Waals surface area contributed by atoms with Crippen molar-refractivity contribution < 1.29 is 14.3 Å². The first-order valence-corrected chi connectivity index (χ1v) is 3.68. The number of allylic oxidation sites excluding steroid dienone is 1. The molecule has 0 aliphatic carbocycles. The maximum absolute atomic E-state index is 10.6. The summed E-state index contributed by atoms with van der Waals surface area (Å²) < 4.78 is 9.55. The molecule has 0 aromatic heterocycles. The highest BCUT2D eigenvalue weighted by Gasteiger charge is 2.27. The van der Waals surface area contributed by atoms with Gasteiger partial charge in [0.05, 0.1) is 0 Å². The van der Waals surface area contributed by atoms with Gasteiger partial charge in [-0.15, -0.1) is 6.58 Å². The number of ether oxygens (including phenoxy) is 2. The summed E-state index contributed by atoms with van der Waals surface area (Å²) >= 11 is 0. The molecule has 3 nitrogen and oxygen atoms in total. The van der Waals surface area contributed by atoms with Gasteiger partial charge in [-0.2, -0.15) is 0 Å². The normalized spacial score (nSPS) is 30.5. The molecule has 62 valence electrons. The van der Waals surface area contributed by atoms with Gasteiger partial charge in [0.2, 0.25) is 0 Å². The lowest BCUT2D eigenvalue weighted by Gasteiger charge is -2.27. The van der Waals surface area contributed by atoms with Crippen LogP contribution < -0.4 is 0 Å². The van der Waals surface area contributed by atoms with Crippen LogP contribution in [0.15, 0.2) is 12.7 Å². The number of cyclic esters (lactones) is 2. The van der Waals surface area contributed by atoms with Crippen LogP contribution in [0.5, 0.6) is 0 Å². The van der Waals surface area contributed by atoms with Crippen molar-refractivity contribution in [3.63, 3.8) is 0 Å². The average molecular weight is 156 g/mol. The fraction of sp³-hybridized carbons (Fsp3) is 0.625. The molecule has 2 unspecified atom stereocenters. The highest BCUT2D eigenvalue weighted by molar-refractivity contribution is 5.60. The Bertz CT molecular complexity index is 165. The van der Waals surface area contributed by atoms with Crippen molar-refractivity contribution in [1.29, 1.82) is 0 Å². The summed E-state index contributed by atoms with van der Waals surface area (Å²) in [6, 6.07) is 0. The highest BCUT2D eigenvalue weighted by atomic mass is 16.7. The van der Waals surface area contributed by atoms with E-state index < -0.39 is 6.16 Å². The maximum atomic E-state index is 10.6. The van der Waals surface area contributed by atoms with E-state index in [4.69, 9.17) is 9.47 Å². The summed E-state index contributed by atoms with van der Waals surface area (Å²) in [5, 5.41) is 0. The standard InChI is InChI=1S/C8H12O3/c1-3-4-7-5-10-8(9)11-6(7)2/h3,6-7H,1,4-5H2,2H3. The molecule has 0 amide bonds. The summed E-state index contributed by atoms with van der Waals surface area (Å²) in [4.78, 5) is 10.6. The van der Waals surface area contributed by atoms with Crippen LogP contribution in [0.3, 0.4) is 0 Å². The van der Waals surface area contributed by atoms with Gasteiger partial charge in [-0.05, 0) is 13.3 Å². The van der Waals surface area contributed by atoms with Crippen LogP contribution in [0.1, 0.15) is 13.3 Å². The SMILES string of the molecule is C=CCC1COC(=O)OC1C. The van der Waals surface area contributed by atoms with Gasteiger partial charge in [0.25, 0.3) is 0 Å². The Hall–Kier alpha value is -0.990. The molecule has 1 saturated heterocycles. The third-order valence-electron chi connectivity index (χ3n) is 1.83. The van der Waals surface area contributed by atoms with E-state index in [9.17, 15) is 4.79 Å². The van der Waals surface area contributed by atoms with Crippen molar-refractivity contribution in [2.45, 2.75) is 19.4 Å². The molecule has 0 radical (unpaired) electrons. The van der Waals surface area contributed by atoms with Crippen LogP contribution in [-0.4, -0.2) is 18.9 Å². The minimum Gasteiger partial charge on any atom is -0.434 e. The number of carbonyl (C=O) groups is 1. The summed E-state index contributed by atoms with van der Waals surface area (Å²) in [7, 11) is 0. The molecule has 0 saturated carbocycles. The Morgan fingerprint density at radius 2 is 2.55 bits per heavy atom. The zero-order chi connectivity index (χ0) is 8.27. The molecule has 1 aliphatic rings. The van der Waals surface area contributed by atoms with Crippen LogP contribution in [0.2, 0.25) is 0 Å². The maximum Gasteiger partial charge on any atom is 0.508 e. The fourth-order valence-electron chi connectivity index (χ4n) is 1.07. The zero-order valence-corrected chi connectivity index (χ0v) is 6.58. The Morgan fingerprint density at radius 1 is 1.82 bits per heavy atom. The van der Waals surface area contributed by atoms with Gasteiger partial charge in [-0.1, -0.05) is 6.08 Å². The van der Waals surface area contributed by atoms with Crippen LogP contribution in [-0.2, 0) is 9.47 Å². The van der Waals surface area contributed by atoms with E-state index in [2.05, 4.69) is 6.58 Å². The fourth-order valence-corrected chi connectivity index (χ4v) is 1.07. The lowest BCUT2D eigenvalue weighted by atomic mass is 10.0. The topological polar surface area (TPSA) is 35.5 Å². The van der Waals surface area contributed by atoms with E-state index in [0.29, 0.717) is 6.61 Å². The van der Waals surface area contributed by atoms with Gasteiger partial charge in [-0.3, -0.25) is 0 Å². The van der Waals surface area contributed by atoms with Crippen molar-refractivity contribution in [2.24, 2.45) is 5.92 Å². The first-order chi connectivity index (χ1) is 5.24. The molecule has 1 aliphatic heterocycles. The van der Waals surface area contributed by atoms with Crippen molar-refractivity contribution in [2.75, 3.05) is 6.61 Å². The van der Waals surface area contributed by atoms with Crippen molar-refractivity contribution in [1.82, 2.24) is 0 Å². The Morgan fingerprint density at radius 3 is 3.09 bits per heavy atom. The second kappa shape index (κ2) is 3.42. The number of rotatable bonds is 2. The molecule has 0 bridgehead atoms. The van der Waals surface area contributed by atoms with E-state index in [1.165, 1.54) is 0 Å². The summed E-state index contributed by atoms with van der Waals surface area (Å²) in [5.41, 5.74) is 0. The minimum atomic E-state index is -0.558. The molecule has 3 heteroatoms. The van der Waals surface area contributed by atoms with Gasteiger partial charge in [-0.25, -0.2) is 4.79 Å². The van der Waals surface area contributed by atoms with Gasteiger partial charge >= 0.3 is 6.16 Å². The second-order valence-corrected chi connectivity index (χ2v) is 2.67. The molecular formula is C8H12O3. The van der Waals surface area contributed by atoms with E-state index in [-0.39, 0.29) is 12.0 Å². The zero-order valence-electron chi connectivity index (χ0n) is 6.58. The van der Waals surface area contributed by atoms with Crippen LogP contribution in [0.25, 0.3) is 0 Å². The summed E-state index contributed by atoms with van der Waals surface area (Å²) in [6.07, 6.45) is 2.03. The van der Waals surface area contributed by atoms with E-state index in [1.807, 2.05) is 13.0 Å². The van der Waals surface area contributed by atoms with E-state index in [1.54, 1.807) is 0 Å². The lowest BCUT2D eigenvalue weighted by Crippen LogP contribution is -2.34. The molecule has 0 aromatic rings. The van der Waals surface area contributed by atoms with Crippen molar-refractivity contribution in [3.8, 4) is 0 Å². The predicted molar refractivity (Wildman–Crippen MR) is 40.2 cm³/mol. The third kappa shape index (κ3) is 1.97. The first-order valence-electron chi connectivity index (χ1n) is 3.68. The van der Waals surface area contributed by atoms with Gasteiger partial charge in [0.1, 0.15) is 12.7 Å². The first kappa shape index (κ1) is 8.11. The monoisotopic (exact) mass is 156 g/mol. The molecule has 2 atom stereocenters. The van der Waals surface area contributed by atoms with Crippen molar-refractivity contribution >= 4 is 6.16 Å². The van der Waals surface area contributed by atoms with Gasteiger partial charge in [0.15, 0.2) is 0 Å². The van der Waals surface area contributed by atoms with Crippen molar-refractivity contribution in [3.05, 3.63) is 12.7 Å². The molecule has 1 heterocycles. The Balaban J connectivity index is 2.43. The molecule has 0 N–H and O–H groups in total. The molecule has 1 rings (SSSR count). The molecule has 0 aromatic carbocycles. The second-order valence-electron chi connectivity index (χ2n) is 2.67. The molecular weight excluding hydrogens is 144 g/mol. The van der Waals surface area contributed by atoms with Gasteiger partial charge < -0.3 is 9.47 Å². The smallest absolute Gasteiger partial charge is 0.434 e. The number of hydrogen-bond acceptors (Lipinski definition) is 3. The van der Waals surface area contributed by atoms with Crippen LogP contribution >= 0.6 is 0 Å². The largest absolute Gasteiger partial charge is 0.508 e. The summed E-state index contributed by atoms with van der Waals surface area (Å²) in [6.45, 7) is 5.93. The van der Waals surface area contributed by atoms with Crippen LogP contribution in [0.4, 0.5) is 4.79 Å². The Kier molecular flexibility index (Phi) is 2.52. The van der Waals surface area contributed by atoms with E-state index >= 15 is 0 Å². The van der Waals surface area contributed by atoms with Crippen LogP contribution in [0, 0.1) is 5.92 Å². The molecule has 1 fully saturated rings. The Labute approximate surface area is 66.0 Å². The van der Waals surface area contributed by atoms with Gasteiger partial charge in [0, 0.05) is 5.92 Å². The average Bonchev–Trinajstić information content (AvgIpc) is 1.95. The van der Waals surface area contributed by atoms with E-state index in [0.717, 1.165) is 6.42 Å². The predicted octanol–water partition coefficient (Wildman–Crippen LogP) is 1.73.